The third-order valence-electron chi connectivity index (χ3n) is 4.93. The van der Waals surface area contributed by atoms with Crippen LogP contribution in [-0.2, 0) is 14.2 Å². The predicted octanol–water partition coefficient (Wildman–Crippen LogP) is 4.76. The van der Waals surface area contributed by atoms with Crippen LogP contribution in [0, 0.1) is 29.3 Å². The van der Waals surface area contributed by atoms with E-state index in [0.29, 0.717) is 25.4 Å². The van der Waals surface area contributed by atoms with E-state index in [4.69, 9.17) is 14.2 Å². The van der Waals surface area contributed by atoms with Gasteiger partial charge in [-0.1, -0.05) is 30.0 Å². The summed E-state index contributed by atoms with van der Waals surface area (Å²) < 4.78 is 57.3. The van der Waals surface area contributed by atoms with Crippen LogP contribution in [0.3, 0.4) is 0 Å². The van der Waals surface area contributed by atoms with Crippen molar-refractivity contribution in [1.82, 2.24) is 0 Å². The van der Waals surface area contributed by atoms with Gasteiger partial charge in [-0.05, 0) is 41.3 Å². The summed E-state index contributed by atoms with van der Waals surface area (Å²) in [4.78, 5) is 0. The molecule has 0 aliphatic carbocycles. The van der Waals surface area contributed by atoms with Crippen molar-refractivity contribution < 1.29 is 27.4 Å². The molecule has 0 radical (unpaired) electrons. The van der Waals surface area contributed by atoms with Gasteiger partial charge < -0.3 is 14.2 Å². The van der Waals surface area contributed by atoms with Crippen molar-refractivity contribution in [3.63, 3.8) is 0 Å². The number of halogens is 3. The van der Waals surface area contributed by atoms with Gasteiger partial charge in [0.2, 0.25) is 0 Å². The van der Waals surface area contributed by atoms with Crippen molar-refractivity contribution in [2.45, 2.75) is 12.2 Å². The maximum absolute atomic E-state index is 13.8. The number of benzene rings is 3. The molecule has 0 aromatic heterocycles. The highest BCUT2D eigenvalue weighted by atomic mass is 19.2. The smallest absolute Gasteiger partial charge is 0.195 e. The average molecular weight is 412 g/mol. The van der Waals surface area contributed by atoms with E-state index in [1.54, 1.807) is 13.2 Å². The first-order chi connectivity index (χ1) is 14.5. The summed E-state index contributed by atoms with van der Waals surface area (Å²) in [7, 11) is 1.63. The number of hydrogen-bond acceptors (Lipinski definition) is 3. The standard InChI is InChI=1S/C24H19F3O3/c1-28-12-19-13-30-22(14-29-19)17-7-4-15(5-8-17)2-3-16-6-9-20-18(10-16)11-21(25)24(27)23(20)26/h4-11,19,22H,12-14H2,1H3/t19-,22-/m1/s1. The first kappa shape index (κ1) is 20.4. The minimum absolute atomic E-state index is 0.0197. The van der Waals surface area contributed by atoms with Gasteiger partial charge in [0.15, 0.2) is 17.5 Å². The van der Waals surface area contributed by atoms with Crippen LogP contribution < -0.4 is 0 Å². The Kier molecular flexibility index (Phi) is 6.05. The van der Waals surface area contributed by atoms with E-state index in [1.165, 1.54) is 12.1 Å². The second-order valence-corrected chi connectivity index (χ2v) is 7.03. The fourth-order valence-electron chi connectivity index (χ4n) is 3.33. The summed E-state index contributed by atoms with van der Waals surface area (Å²) in [6.45, 7) is 1.45. The molecule has 1 saturated heterocycles. The van der Waals surface area contributed by atoms with Crippen molar-refractivity contribution in [1.29, 1.82) is 0 Å². The zero-order chi connectivity index (χ0) is 21.1. The van der Waals surface area contributed by atoms with E-state index in [1.807, 2.05) is 24.3 Å². The normalized spacial score (nSPS) is 18.8. The zero-order valence-corrected chi connectivity index (χ0v) is 16.3. The molecule has 0 spiro atoms. The molecule has 3 aromatic rings. The van der Waals surface area contributed by atoms with Crippen LogP contribution >= 0.6 is 0 Å². The number of rotatable bonds is 3. The van der Waals surface area contributed by atoms with E-state index in [2.05, 4.69) is 11.8 Å². The van der Waals surface area contributed by atoms with Gasteiger partial charge in [-0.3, -0.25) is 0 Å². The average Bonchev–Trinajstić information content (AvgIpc) is 2.77. The number of hydrogen-bond donors (Lipinski definition) is 0. The van der Waals surface area contributed by atoms with Crippen molar-refractivity contribution in [2.75, 3.05) is 26.9 Å². The third-order valence-corrected chi connectivity index (χ3v) is 4.93. The zero-order valence-electron chi connectivity index (χ0n) is 16.3. The van der Waals surface area contributed by atoms with Gasteiger partial charge >= 0.3 is 0 Å². The third kappa shape index (κ3) is 4.34. The Morgan fingerprint density at radius 2 is 1.63 bits per heavy atom. The number of ether oxygens (including phenoxy) is 3. The van der Waals surface area contributed by atoms with Gasteiger partial charge in [-0.25, -0.2) is 13.2 Å². The summed E-state index contributed by atoms with van der Waals surface area (Å²) in [6, 6.07) is 13.1. The molecular weight excluding hydrogens is 393 g/mol. The summed E-state index contributed by atoms with van der Waals surface area (Å²) in [5.41, 5.74) is 2.35. The highest BCUT2D eigenvalue weighted by Crippen LogP contribution is 2.25. The SMILES string of the molecule is COC[C@@H]1CO[C@@H](c2ccc(C#Cc3ccc4c(F)c(F)c(F)cc4c3)cc2)CO1. The van der Waals surface area contributed by atoms with E-state index in [0.717, 1.165) is 17.2 Å². The maximum atomic E-state index is 13.8. The molecule has 3 aromatic carbocycles. The van der Waals surface area contributed by atoms with Crippen LogP contribution in [0.2, 0.25) is 0 Å². The molecule has 30 heavy (non-hydrogen) atoms. The van der Waals surface area contributed by atoms with Gasteiger partial charge in [0.25, 0.3) is 0 Å². The molecule has 0 unspecified atom stereocenters. The van der Waals surface area contributed by atoms with Gasteiger partial charge in [-0.15, -0.1) is 0 Å². The molecule has 1 aliphatic rings. The number of methoxy groups -OCH3 is 1. The van der Waals surface area contributed by atoms with E-state index < -0.39 is 17.5 Å². The Hall–Kier alpha value is -2.85. The molecule has 3 nitrogen and oxygen atoms in total. The molecule has 0 bridgehead atoms. The molecule has 154 valence electrons. The molecule has 2 atom stereocenters. The Bertz CT molecular complexity index is 1110. The van der Waals surface area contributed by atoms with Crippen molar-refractivity contribution in [3.05, 3.63) is 82.7 Å². The van der Waals surface area contributed by atoms with Crippen molar-refractivity contribution in [3.8, 4) is 11.8 Å². The molecule has 6 heteroatoms. The summed E-state index contributed by atoms with van der Waals surface area (Å²) in [6.07, 6.45) is -0.178. The second kappa shape index (κ2) is 8.88. The molecule has 4 rings (SSSR count). The quantitative estimate of drug-likeness (QED) is 0.459. The summed E-state index contributed by atoms with van der Waals surface area (Å²) >= 11 is 0. The van der Waals surface area contributed by atoms with Gasteiger partial charge in [0, 0.05) is 23.6 Å². The molecular formula is C24H19F3O3. The predicted molar refractivity (Wildman–Crippen MR) is 107 cm³/mol. The molecule has 0 saturated carbocycles. The van der Waals surface area contributed by atoms with Crippen molar-refractivity contribution >= 4 is 10.8 Å². The lowest BCUT2D eigenvalue weighted by Crippen LogP contribution is -2.34. The van der Waals surface area contributed by atoms with Crippen LogP contribution in [-0.4, -0.2) is 33.0 Å². The fraction of sp³-hybridized carbons (Fsp3) is 0.250. The molecule has 1 fully saturated rings. The summed E-state index contributed by atoms with van der Waals surface area (Å²) in [5.74, 6) is 2.11. The second-order valence-electron chi connectivity index (χ2n) is 7.03. The highest BCUT2D eigenvalue weighted by Gasteiger charge is 2.23. The first-order valence-electron chi connectivity index (χ1n) is 9.46. The van der Waals surface area contributed by atoms with E-state index >= 15 is 0 Å². The highest BCUT2D eigenvalue weighted by molar-refractivity contribution is 5.84. The van der Waals surface area contributed by atoms with Gasteiger partial charge in [0.1, 0.15) is 12.2 Å². The fourth-order valence-corrected chi connectivity index (χ4v) is 3.33. The van der Waals surface area contributed by atoms with Gasteiger partial charge in [0.05, 0.1) is 19.8 Å². The molecule has 0 N–H and O–H groups in total. The Morgan fingerprint density at radius 3 is 2.33 bits per heavy atom. The van der Waals surface area contributed by atoms with Crippen LogP contribution in [0.15, 0.2) is 48.5 Å². The Balaban J connectivity index is 1.47. The van der Waals surface area contributed by atoms with E-state index in [9.17, 15) is 13.2 Å². The number of fused-ring (bicyclic) bond motifs is 1. The minimum atomic E-state index is -1.47. The lowest BCUT2D eigenvalue weighted by molar-refractivity contribution is -0.150. The van der Waals surface area contributed by atoms with Gasteiger partial charge in [-0.2, -0.15) is 0 Å². The monoisotopic (exact) mass is 412 g/mol. The molecule has 1 aliphatic heterocycles. The van der Waals surface area contributed by atoms with Crippen LogP contribution in [0.1, 0.15) is 22.8 Å². The Morgan fingerprint density at radius 1 is 0.900 bits per heavy atom. The van der Waals surface area contributed by atoms with Crippen molar-refractivity contribution in [2.24, 2.45) is 0 Å². The first-order valence-corrected chi connectivity index (χ1v) is 9.46. The van der Waals surface area contributed by atoms with E-state index in [-0.39, 0.29) is 23.0 Å². The molecule has 1 heterocycles. The molecule has 0 amide bonds. The summed E-state index contributed by atoms with van der Waals surface area (Å²) in [5, 5.41) is 0.279. The minimum Gasteiger partial charge on any atom is -0.382 e. The lowest BCUT2D eigenvalue weighted by atomic mass is 10.0. The van der Waals surface area contributed by atoms with Crippen LogP contribution in [0.5, 0.6) is 0 Å². The Labute approximate surface area is 172 Å². The topological polar surface area (TPSA) is 27.7 Å². The largest absolute Gasteiger partial charge is 0.382 e. The maximum Gasteiger partial charge on any atom is 0.195 e. The van der Waals surface area contributed by atoms with Crippen LogP contribution in [0.25, 0.3) is 10.8 Å². The lowest BCUT2D eigenvalue weighted by Gasteiger charge is -2.29. The van der Waals surface area contributed by atoms with Crippen LogP contribution in [0.4, 0.5) is 13.2 Å².